The third kappa shape index (κ3) is 4.25. The maximum Gasteiger partial charge on any atom is 0.272 e. The Morgan fingerprint density at radius 1 is 1.08 bits per heavy atom. The summed E-state index contributed by atoms with van der Waals surface area (Å²) in [6, 6.07) is 14.3. The molecule has 3 aromatic rings. The van der Waals surface area contributed by atoms with Crippen molar-refractivity contribution in [2.45, 2.75) is 6.54 Å². The first-order chi connectivity index (χ1) is 12.5. The number of rotatable bonds is 5. The molecular weight excluding hydrogens is 359 g/mol. The van der Waals surface area contributed by atoms with Gasteiger partial charge in [0.25, 0.3) is 11.8 Å². The number of H-pyrrole nitrogens is 1. The smallest absolute Gasteiger partial charge is 0.272 e. The Morgan fingerprint density at radius 3 is 2.62 bits per heavy atom. The predicted molar refractivity (Wildman–Crippen MR) is 95.6 cm³/mol. The van der Waals surface area contributed by atoms with Gasteiger partial charge in [-0.3, -0.25) is 14.7 Å². The van der Waals surface area contributed by atoms with Crippen molar-refractivity contribution in [1.82, 2.24) is 15.5 Å². The van der Waals surface area contributed by atoms with Gasteiger partial charge in [-0.1, -0.05) is 41.9 Å². The molecule has 8 heteroatoms. The summed E-state index contributed by atoms with van der Waals surface area (Å²) in [5.74, 6) is -1.39. The van der Waals surface area contributed by atoms with Gasteiger partial charge in [-0.25, -0.2) is 4.39 Å². The average molecular weight is 373 g/mol. The molecule has 0 atom stereocenters. The minimum Gasteiger partial charge on any atom is -0.347 e. The first kappa shape index (κ1) is 17.6. The molecule has 26 heavy (non-hydrogen) atoms. The number of halogens is 2. The zero-order valence-corrected chi connectivity index (χ0v) is 14.2. The molecule has 0 aliphatic carbocycles. The van der Waals surface area contributed by atoms with Crippen LogP contribution in [0.15, 0.2) is 54.6 Å². The summed E-state index contributed by atoms with van der Waals surface area (Å²) >= 11 is 5.89. The SMILES string of the molecule is O=C(NCc1ccccc1)c1cc(NC(=O)c2cc(F)ccc2Cl)[nH]n1. The minimum atomic E-state index is -0.616. The summed E-state index contributed by atoms with van der Waals surface area (Å²) in [5, 5.41) is 11.7. The number of hydrogen-bond acceptors (Lipinski definition) is 3. The fourth-order valence-electron chi connectivity index (χ4n) is 2.23. The normalized spacial score (nSPS) is 10.4. The highest BCUT2D eigenvalue weighted by molar-refractivity contribution is 6.34. The highest BCUT2D eigenvalue weighted by Gasteiger charge is 2.15. The molecule has 0 radical (unpaired) electrons. The molecule has 0 aliphatic heterocycles. The van der Waals surface area contributed by atoms with Crippen LogP contribution in [0.4, 0.5) is 10.2 Å². The van der Waals surface area contributed by atoms with Crippen molar-refractivity contribution in [1.29, 1.82) is 0 Å². The number of benzene rings is 2. The lowest BCUT2D eigenvalue weighted by Gasteiger charge is -2.04. The van der Waals surface area contributed by atoms with Gasteiger partial charge < -0.3 is 10.6 Å². The molecule has 0 saturated carbocycles. The predicted octanol–water partition coefficient (Wildman–Crippen LogP) is 3.38. The first-order valence-corrected chi connectivity index (χ1v) is 8.04. The molecule has 132 valence electrons. The topological polar surface area (TPSA) is 86.9 Å². The zero-order chi connectivity index (χ0) is 18.5. The second-order valence-electron chi connectivity index (χ2n) is 5.41. The number of amides is 2. The largest absolute Gasteiger partial charge is 0.347 e. The van der Waals surface area contributed by atoms with Crippen LogP contribution in [0.3, 0.4) is 0 Å². The Balaban J connectivity index is 1.63. The maximum absolute atomic E-state index is 13.3. The van der Waals surface area contributed by atoms with Crippen LogP contribution >= 0.6 is 11.6 Å². The van der Waals surface area contributed by atoms with Gasteiger partial charge in [0.1, 0.15) is 11.6 Å². The summed E-state index contributed by atoms with van der Waals surface area (Å²) < 4.78 is 13.3. The van der Waals surface area contributed by atoms with E-state index in [-0.39, 0.29) is 22.1 Å². The Bertz CT molecular complexity index is 943. The Hall–Kier alpha value is -3.19. The van der Waals surface area contributed by atoms with Gasteiger partial charge in [0.2, 0.25) is 0 Å². The van der Waals surface area contributed by atoms with E-state index in [0.717, 1.165) is 17.7 Å². The van der Waals surface area contributed by atoms with Crippen molar-refractivity contribution in [3.8, 4) is 0 Å². The lowest BCUT2D eigenvalue weighted by molar-refractivity contribution is 0.0945. The molecule has 3 rings (SSSR count). The van der Waals surface area contributed by atoms with Crippen molar-refractivity contribution < 1.29 is 14.0 Å². The van der Waals surface area contributed by atoms with Gasteiger partial charge in [0.15, 0.2) is 5.69 Å². The number of anilines is 1. The van der Waals surface area contributed by atoms with E-state index in [4.69, 9.17) is 11.6 Å². The summed E-state index contributed by atoms with van der Waals surface area (Å²) in [6.45, 7) is 0.354. The van der Waals surface area contributed by atoms with Crippen LogP contribution in [0.5, 0.6) is 0 Å². The molecule has 0 bridgehead atoms. The van der Waals surface area contributed by atoms with E-state index in [1.807, 2.05) is 30.3 Å². The van der Waals surface area contributed by atoms with E-state index in [1.165, 1.54) is 12.1 Å². The lowest BCUT2D eigenvalue weighted by atomic mass is 10.2. The standard InChI is InChI=1S/C18H14ClFN4O2/c19-14-7-6-12(20)8-13(14)17(25)22-16-9-15(23-24-16)18(26)21-10-11-4-2-1-3-5-11/h1-9H,10H2,(H,21,26)(H2,22,23,24,25). The number of carbonyl (C=O) groups is 2. The summed E-state index contributed by atoms with van der Waals surface area (Å²) in [4.78, 5) is 24.3. The lowest BCUT2D eigenvalue weighted by Crippen LogP contribution is -2.23. The molecule has 2 aromatic carbocycles. The number of aromatic amines is 1. The first-order valence-electron chi connectivity index (χ1n) is 7.67. The Morgan fingerprint density at radius 2 is 1.85 bits per heavy atom. The molecule has 3 N–H and O–H groups in total. The molecule has 6 nitrogen and oxygen atoms in total. The molecule has 0 aliphatic rings. The fraction of sp³-hybridized carbons (Fsp3) is 0.0556. The second kappa shape index (κ2) is 7.79. The number of carbonyl (C=O) groups excluding carboxylic acids is 2. The zero-order valence-electron chi connectivity index (χ0n) is 13.4. The van der Waals surface area contributed by atoms with Crippen LogP contribution in [0.1, 0.15) is 26.4 Å². The van der Waals surface area contributed by atoms with Gasteiger partial charge >= 0.3 is 0 Å². The van der Waals surface area contributed by atoms with E-state index in [1.54, 1.807) is 0 Å². The van der Waals surface area contributed by atoms with Crippen molar-refractivity contribution in [3.05, 3.63) is 82.3 Å². The maximum atomic E-state index is 13.3. The van der Waals surface area contributed by atoms with Crippen LogP contribution < -0.4 is 10.6 Å². The number of nitrogens with zero attached hydrogens (tertiary/aromatic N) is 1. The summed E-state index contributed by atoms with van der Waals surface area (Å²) in [5.41, 5.74) is 1.04. The highest BCUT2D eigenvalue weighted by Crippen LogP contribution is 2.18. The quantitative estimate of drug-likeness (QED) is 0.641. The minimum absolute atomic E-state index is 0.0173. The molecule has 0 spiro atoms. The highest BCUT2D eigenvalue weighted by atomic mass is 35.5. The van der Waals surface area contributed by atoms with Crippen molar-refractivity contribution in [2.75, 3.05) is 5.32 Å². The van der Waals surface area contributed by atoms with E-state index in [2.05, 4.69) is 20.8 Å². The molecule has 1 aromatic heterocycles. The van der Waals surface area contributed by atoms with Gasteiger partial charge in [-0.15, -0.1) is 0 Å². The van der Waals surface area contributed by atoms with E-state index >= 15 is 0 Å². The van der Waals surface area contributed by atoms with Gasteiger partial charge in [-0.05, 0) is 23.8 Å². The molecule has 1 heterocycles. The van der Waals surface area contributed by atoms with E-state index in [9.17, 15) is 14.0 Å². The fourth-order valence-corrected chi connectivity index (χ4v) is 2.44. The van der Waals surface area contributed by atoms with Crippen molar-refractivity contribution in [3.63, 3.8) is 0 Å². The summed E-state index contributed by atoms with van der Waals surface area (Å²) in [7, 11) is 0. The van der Waals surface area contributed by atoms with Crippen molar-refractivity contribution in [2.24, 2.45) is 0 Å². The monoisotopic (exact) mass is 372 g/mol. The Kier molecular flexibility index (Phi) is 5.28. The van der Waals surface area contributed by atoms with Crippen molar-refractivity contribution >= 4 is 29.2 Å². The average Bonchev–Trinajstić information content (AvgIpc) is 3.11. The van der Waals surface area contributed by atoms with Gasteiger partial charge in [-0.2, -0.15) is 5.10 Å². The van der Waals surface area contributed by atoms with Crippen LogP contribution in [-0.4, -0.2) is 22.0 Å². The number of aromatic nitrogens is 2. The Labute approximate surface area is 153 Å². The van der Waals surface area contributed by atoms with Gasteiger partial charge in [0, 0.05) is 12.6 Å². The third-order valence-electron chi connectivity index (χ3n) is 3.53. The molecule has 0 fully saturated rings. The van der Waals surface area contributed by atoms with E-state index in [0.29, 0.717) is 6.54 Å². The van der Waals surface area contributed by atoms with Crippen LogP contribution in [0, 0.1) is 5.82 Å². The summed E-state index contributed by atoms with van der Waals surface area (Å²) in [6.07, 6.45) is 0. The molecule has 0 saturated heterocycles. The van der Waals surface area contributed by atoms with Crippen LogP contribution in [0.2, 0.25) is 5.02 Å². The molecular formula is C18H14ClFN4O2. The van der Waals surface area contributed by atoms with Crippen LogP contribution in [-0.2, 0) is 6.54 Å². The van der Waals surface area contributed by atoms with Gasteiger partial charge in [0.05, 0.1) is 10.6 Å². The third-order valence-corrected chi connectivity index (χ3v) is 3.86. The number of nitrogens with one attached hydrogen (secondary N) is 3. The molecule has 0 unspecified atom stereocenters. The van der Waals surface area contributed by atoms with Crippen LogP contribution in [0.25, 0.3) is 0 Å². The molecule has 2 amide bonds. The second-order valence-corrected chi connectivity index (χ2v) is 5.82. The van der Waals surface area contributed by atoms with E-state index < -0.39 is 17.6 Å². The number of hydrogen-bond donors (Lipinski definition) is 3.